The number of amidine groups is 1. The number of benzene rings is 2. The predicted molar refractivity (Wildman–Crippen MR) is 171 cm³/mol. The van der Waals surface area contributed by atoms with Crippen LogP contribution in [0.5, 0.6) is 0 Å². The van der Waals surface area contributed by atoms with Crippen molar-refractivity contribution in [3.05, 3.63) is 80.6 Å². The number of nitrogens with zero attached hydrogens (tertiary/aromatic N) is 3. The topological polar surface area (TPSA) is 127 Å². The number of nitrogens with one attached hydrogen (secondary N) is 2. The second-order valence-corrected chi connectivity index (χ2v) is 11.6. The zero-order chi connectivity index (χ0) is 32.0. The van der Waals surface area contributed by atoms with Gasteiger partial charge in [-0.25, -0.2) is 18.0 Å². The SMILES string of the molecule is CCCC(NCCCN=C(C)N)c1c(F)cc(-n2cc3cc(-c4cc(CCCC(C)N)cc(Cl)c4F)[nH]c3nc2=O)cc1F. The van der Waals surface area contributed by atoms with Crippen LogP contribution in [0.3, 0.4) is 0 Å². The third-order valence-electron chi connectivity index (χ3n) is 7.37. The number of aromatic nitrogens is 3. The van der Waals surface area contributed by atoms with Crippen molar-refractivity contribution in [2.45, 2.75) is 71.4 Å². The van der Waals surface area contributed by atoms with Crippen LogP contribution in [0.2, 0.25) is 5.02 Å². The van der Waals surface area contributed by atoms with Gasteiger partial charge in [0.15, 0.2) is 5.82 Å². The molecule has 4 aromatic rings. The normalized spacial score (nSPS) is 13.5. The Morgan fingerprint density at radius 3 is 2.52 bits per heavy atom. The third-order valence-corrected chi connectivity index (χ3v) is 7.64. The second-order valence-electron chi connectivity index (χ2n) is 11.2. The average Bonchev–Trinajstić information content (AvgIpc) is 3.35. The first-order valence-electron chi connectivity index (χ1n) is 14.8. The van der Waals surface area contributed by atoms with Gasteiger partial charge < -0.3 is 21.8 Å². The molecule has 0 aliphatic rings. The van der Waals surface area contributed by atoms with Crippen molar-refractivity contribution in [2.75, 3.05) is 13.1 Å². The van der Waals surface area contributed by atoms with Crippen molar-refractivity contribution < 1.29 is 13.2 Å². The Morgan fingerprint density at radius 1 is 1.14 bits per heavy atom. The summed E-state index contributed by atoms with van der Waals surface area (Å²) in [4.78, 5) is 24.2. The number of aliphatic imine (C=N–C) groups is 1. The average molecular weight is 630 g/mol. The lowest BCUT2D eigenvalue weighted by molar-refractivity contribution is 0.440. The highest BCUT2D eigenvalue weighted by atomic mass is 35.5. The van der Waals surface area contributed by atoms with Crippen LogP contribution in [0.4, 0.5) is 13.2 Å². The zero-order valence-electron chi connectivity index (χ0n) is 25.2. The molecule has 236 valence electrons. The van der Waals surface area contributed by atoms with Gasteiger partial charge in [-0.2, -0.15) is 4.98 Å². The Hall–Kier alpha value is -3.67. The van der Waals surface area contributed by atoms with Crippen LogP contribution in [0.25, 0.3) is 28.0 Å². The maximum absolute atomic E-state index is 15.5. The summed E-state index contributed by atoms with van der Waals surface area (Å²) in [6.45, 7) is 6.58. The minimum atomic E-state index is -0.777. The number of H-pyrrole nitrogens is 1. The summed E-state index contributed by atoms with van der Waals surface area (Å²) >= 11 is 6.21. The summed E-state index contributed by atoms with van der Waals surface area (Å²) in [6, 6.07) is 6.67. The monoisotopic (exact) mass is 629 g/mol. The van der Waals surface area contributed by atoms with Gasteiger partial charge in [-0.15, -0.1) is 0 Å². The van der Waals surface area contributed by atoms with Gasteiger partial charge in [0.1, 0.15) is 17.3 Å². The first-order chi connectivity index (χ1) is 21.0. The number of fused-ring (bicyclic) bond motifs is 1. The van der Waals surface area contributed by atoms with Crippen LogP contribution in [-0.4, -0.2) is 39.5 Å². The molecule has 4 rings (SSSR count). The highest BCUT2D eigenvalue weighted by Crippen LogP contribution is 2.32. The van der Waals surface area contributed by atoms with Crippen molar-refractivity contribution in [3.63, 3.8) is 0 Å². The summed E-state index contributed by atoms with van der Waals surface area (Å²) in [7, 11) is 0. The molecule has 2 aromatic heterocycles. The molecule has 6 N–H and O–H groups in total. The van der Waals surface area contributed by atoms with Gasteiger partial charge in [0.2, 0.25) is 0 Å². The van der Waals surface area contributed by atoms with E-state index in [2.05, 4.69) is 20.3 Å². The molecular weight excluding hydrogens is 591 g/mol. The zero-order valence-corrected chi connectivity index (χ0v) is 25.9. The number of nitrogens with two attached hydrogens (primary N) is 2. The minimum Gasteiger partial charge on any atom is -0.388 e. The van der Waals surface area contributed by atoms with Gasteiger partial charge >= 0.3 is 5.69 Å². The van der Waals surface area contributed by atoms with Crippen molar-refractivity contribution in [1.29, 1.82) is 0 Å². The third kappa shape index (κ3) is 8.08. The molecular formula is C32H39ClF3N7O. The quantitative estimate of drug-likeness (QED) is 0.0738. The van der Waals surface area contributed by atoms with Gasteiger partial charge in [-0.1, -0.05) is 24.9 Å². The summed E-state index contributed by atoms with van der Waals surface area (Å²) in [5, 5.41) is 3.64. The van der Waals surface area contributed by atoms with Crippen LogP contribution >= 0.6 is 11.6 Å². The highest BCUT2D eigenvalue weighted by molar-refractivity contribution is 6.31. The fourth-order valence-corrected chi connectivity index (χ4v) is 5.47. The van der Waals surface area contributed by atoms with Crippen LogP contribution in [0, 0.1) is 17.5 Å². The summed E-state index contributed by atoms with van der Waals surface area (Å²) in [5.74, 6) is -1.68. The number of hydrogen-bond acceptors (Lipinski definition) is 5. The maximum Gasteiger partial charge on any atom is 0.354 e. The molecule has 0 spiro atoms. The smallest absolute Gasteiger partial charge is 0.354 e. The summed E-state index contributed by atoms with van der Waals surface area (Å²) in [6.07, 6.45) is 5.60. The standard InChI is InChI=1S/C32H39ClF3N7O/c1-4-7-27(40-11-6-10-39-19(3)38)29-25(34)15-22(16-26(29)35)43-17-21-14-28(41-31(21)42-32(43)44)23-12-20(9-5-8-18(2)37)13-24(33)30(23)36/h12-18,27,40H,4-11,37H2,1-3H3,(H2,38,39)(H,41,42,44). The first-order valence-corrected chi connectivity index (χ1v) is 15.2. The van der Waals surface area contributed by atoms with Gasteiger partial charge in [0, 0.05) is 41.3 Å². The first kappa shape index (κ1) is 33.2. The lowest BCUT2D eigenvalue weighted by Crippen LogP contribution is -2.26. The van der Waals surface area contributed by atoms with Crippen LogP contribution in [-0.2, 0) is 6.42 Å². The largest absolute Gasteiger partial charge is 0.388 e. The second kappa shape index (κ2) is 14.9. The Bertz CT molecular complexity index is 1670. The molecule has 0 saturated heterocycles. The molecule has 2 unspecified atom stereocenters. The van der Waals surface area contributed by atoms with Crippen molar-refractivity contribution >= 4 is 28.5 Å². The van der Waals surface area contributed by atoms with Crippen molar-refractivity contribution in [3.8, 4) is 16.9 Å². The van der Waals surface area contributed by atoms with E-state index in [-0.39, 0.29) is 33.5 Å². The number of aromatic amines is 1. The number of hydrogen-bond donors (Lipinski definition) is 4. The van der Waals surface area contributed by atoms with Crippen LogP contribution < -0.4 is 22.5 Å². The molecule has 0 saturated carbocycles. The Labute approximate surface area is 259 Å². The molecule has 2 aromatic carbocycles. The summed E-state index contributed by atoms with van der Waals surface area (Å²) in [5.41, 5.74) is 12.2. The fourth-order valence-electron chi connectivity index (χ4n) is 5.23. The molecule has 0 amide bonds. The van der Waals surface area contributed by atoms with Gasteiger partial charge in [0.25, 0.3) is 0 Å². The van der Waals surface area contributed by atoms with E-state index in [1.165, 1.54) is 6.20 Å². The minimum absolute atomic E-state index is 0.0146. The highest BCUT2D eigenvalue weighted by Gasteiger charge is 2.22. The van der Waals surface area contributed by atoms with Gasteiger partial charge in [0.05, 0.1) is 22.2 Å². The molecule has 0 aliphatic heterocycles. The Morgan fingerprint density at radius 2 is 1.86 bits per heavy atom. The molecule has 0 fully saturated rings. The van der Waals surface area contributed by atoms with E-state index in [1.807, 2.05) is 13.8 Å². The van der Waals surface area contributed by atoms with E-state index in [1.54, 1.807) is 25.1 Å². The number of aryl methyl sites for hydroxylation is 1. The van der Waals surface area contributed by atoms with E-state index in [0.29, 0.717) is 55.7 Å². The van der Waals surface area contributed by atoms with Crippen LogP contribution in [0.1, 0.15) is 70.0 Å². The van der Waals surface area contributed by atoms with E-state index in [9.17, 15) is 4.79 Å². The molecule has 0 radical (unpaired) electrons. The number of rotatable bonds is 14. The Balaban J connectivity index is 1.64. The van der Waals surface area contributed by atoms with E-state index in [4.69, 9.17) is 23.1 Å². The van der Waals surface area contributed by atoms with Crippen molar-refractivity contribution in [2.24, 2.45) is 16.5 Å². The number of halogens is 4. The molecule has 0 aliphatic carbocycles. The molecule has 44 heavy (non-hydrogen) atoms. The van der Waals surface area contributed by atoms with Crippen molar-refractivity contribution in [1.82, 2.24) is 19.9 Å². The predicted octanol–water partition coefficient (Wildman–Crippen LogP) is 6.32. The summed E-state index contributed by atoms with van der Waals surface area (Å²) < 4.78 is 47.1. The van der Waals surface area contributed by atoms with E-state index >= 15 is 13.2 Å². The molecule has 0 bridgehead atoms. The van der Waals surface area contributed by atoms with E-state index < -0.39 is 29.2 Å². The maximum atomic E-state index is 15.5. The molecule has 2 heterocycles. The fraction of sp³-hybridized carbons (Fsp3) is 0.406. The van der Waals surface area contributed by atoms with Crippen LogP contribution in [0.15, 0.2) is 46.3 Å². The van der Waals surface area contributed by atoms with Gasteiger partial charge in [-0.3, -0.25) is 9.56 Å². The lowest BCUT2D eigenvalue weighted by Gasteiger charge is -2.20. The lowest BCUT2D eigenvalue weighted by atomic mass is 10.00. The molecule has 12 heteroatoms. The van der Waals surface area contributed by atoms with E-state index in [0.717, 1.165) is 35.1 Å². The molecule has 2 atom stereocenters. The molecule has 8 nitrogen and oxygen atoms in total. The van der Waals surface area contributed by atoms with Gasteiger partial charge in [-0.05, 0) is 88.4 Å². The Kier molecular flexibility index (Phi) is 11.2.